The van der Waals surface area contributed by atoms with Gasteiger partial charge in [0.05, 0.1) is 6.61 Å². The lowest BCUT2D eigenvalue weighted by Crippen LogP contribution is -2.41. The van der Waals surface area contributed by atoms with Crippen LogP contribution in [0.25, 0.3) is 0 Å². The molecule has 3 amide bonds. The predicted octanol–water partition coefficient (Wildman–Crippen LogP) is -0.368. The Labute approximate surface area is 150 Å². The molecule has 1 rings (SSSR count). The molecule has 144 valence electrons. The summed E-state index contributed by atoms with van der Waals surface area (Å²) in [5.74, 6) is -1.17. The second-order valence-corrected chi connectivity index (χ2v) is 5.67. The summed E-state index contributed by atoms with van der Waals surface area (Å²) in [4.78, 5) is 56.6. The number of rotatable bonds is 11. The van der Waals surface area contributed by atoms with Crippen molar-refractivity contribution in [1.29, 1.82) is 0 Å². The van der Waals surface area contributed by atoms with Crippen LogP contribution in [-0.4, -0.2) is 24.3 Å². The number of hydrogen-bond acceptors (Lipinski definition) is 7. The van der Waals surface area contributed by atoms with Crippen molar-refractivity contribution < 1.29 is 19.1 Å². The summed E-state index contributed by atoms with van der Waals surface area (Å²) in [6.07, 6.45) is 2.81. The molecule has 26 heavy (non-hydrogen) atoms. The van der Waals surface area contributed by atoms with Crippen molar-refractivity contribution in [2.24, 2.45) is 0 Å². The second-order valence-electron chi connectivity index (χ2n) is 5.67. The van der Waals surface area contributed by atoms with Crippen LogP contribution in [0, 0.1) is 0 Å². The fraction of sp³-hybridized carbons (Fsp3) is 0.562. The van der Waals surface area contributed by atoms with Crippen molar-refractivity contribution in [3.8, 4) is 5.75 Å². The van der Waals surface area contributed by atoms with Gasteiger partial charge in [0.2, 0.25) is 17.7 Å². The molecule has 1 aromatic rings. The van der Waals surface area contributed by atoms with Crippen LogP contribution in [0.5, 0.6) is 5.75 Å². The first-order valence-electron chi connectivity index (χ1n) is 8.43. The zero-order chi connectivity index (χ0) is 19.5. The first kappa shape index (κ1) is 21.1. The number of unbranched alkanes of at least 4 members (excludes halogenated alkanes) is 2. The lowest BCUT2D eigenvalue weighted by atomic mass is 10.2. The molecule has 10 nitrogen and oxygen atoms in total. The molecule has 0 saturated heterocycles. The molecule has 1 aromatic carbocycles. The summed E-state index contributed by atoms with van der Waals surface area (Å²) >= 11 is 0. The third kappa shape index (κ3) is 6.91. The van der Waals surface area contributed by atoms with E-state index in [4.69, 9.17) is 4.74 Å². The fourth-order valence-electron chi connectivity index (χ4n) is 1.93. The summed E-state index contributed by atoms with van der Waals surface area (Å²) in [5.41, 5.74) is 7.65. The van der Waals surface area contributed by atoms with Gasteiger partial charge in [-0.1, -0.05) is 13.3 Å². The van der Waals surface area contributed by atoms with Crippen LogP contribution in [0.4, 0.5) is 5.69 Å². The van der Waals surface area contributed by atoms with Crippen molar-refractivity contribution in [2.75, 3.05) is 12.0 Å². The zero-order valence-electron chi connectivity index (χ0n) is 14.9. The molecule has 10 heteroatoms. The molecular weight excluding hydrogens is 344 g/mol. The van der Waals surface area contributed by atoms with Crippen molar-refractivity contribution in [3.63, 3.8) is 0 Å². The van der Waals surface area contributed by atoms with Gasteiger partial charge in [0.1, 0.15) is 0 Å². The van der Waals surface area contributed by atoms with Gasteiger partial charge in [0.25, 0.3) is 10.9 Å². The Bertz CT molecular complexity index is 708. The maximum atomic E-state index is 11.7. The number of anilines is 1. The number of ether oxygens (including phenoxy) is 1. The Hall–Kier alpha value is -2.91. The number of nitrogens with one attached hydrogen (secondary N) is 4. The van der Waals surface area contributed by atoms with E-state index in [1.807, 2.05) is 6.92 Å². The van der Waals surface area contributed by atoms with Gasteiger partial charge < -0.3 is 4.74 Å². The third-order valence-electron chi connectivity index (χ3n) is 3.37. The molecule has 0 spiro atoms. The van der Waals surface area contributed by atoms with Crippen LogP contribution < -0.4 is 37.3 Å². The monoisotopic (exact) mass is 368 g/mol. The van der Waals surface area contributed by atoms with Gasteiger partial charge in [0, 0.05) is 19.8 Å². The van der Waals surface area contributed by atoms with Crippen LogP contribution in [0.1, 0.15) is 52.4 Å². The second kappa shape index (κ2) is 10.9. The first-order valence-corrected chi connectivity index (χ1v) is 8.43. The Morgan fingerprint density at radius 2 is 1.50 bits per heavy atom. The summed E-state index contributed by atoms with van der Waals surface area (Å²) in [5, 5.41) is 0. The van der Waals surface area contributed by atoms with E-state index >= 15 is 0 Å². The highest BCUT2D eigenvalue weighted by Crippen LogP contribution is 2.16. The zero-order valence-corrected chi connectivity index (χ0v) is 14.9. The van der Waals surface area contributed by atoms with E-state index in [1.165, 1.54) is 6.92 Å². The van der Waals surface area contributed by atoms with Crippen molar-refractivity contribution in [2.45, 2.75) is 52.4 Å². The quantitative estimate of drug-likeness (QED) is 0.237. The van der Waals surface area contributed by atoms with E-state index in [-0.39, 0.29) is 42.0 Å². The van der Waals surface area contributed by atoms with Crippen molar-refractivity contribution in [3.05, 3.63) is 20.4 Å². The van der Waals surface area contributed by atoms with Crippen LogP contribution in [0.15, 0.2) is 9.59 Å². The molecule has 0 aliphatic heterocycles. The minimum atomic E-state index is -0.730. The number of hydrogen-bond donors (Lipinski definition) is 4. The molecule has 0 aromatic heterocycles. The lowest BCUT2D eigenvalue weighted by Gasteiger charge is -2.14. The topological polar surface area (TPSA) is 143 Å². The van der Waals surface area contributed by atoms with Gasteiger partial charge in [-0.2, -0.15) is 0 Å². The maximum Gasteiger partial charge on any atom is 0.272 e. The van der Waals surface area contributed by atoms with E-state index in [9.17, 15) is 24.0 Å². The van der Waals surface area contributed by atoms with Crippen molar-refractivity contribution >= 4 is 23.4 Å². The van der Waals surface area contributed by atoms with Gasteiger partial charge in [-0.3, -0.25) is 45.7 Å². The van der Waals surface area contributed by atoms with Crippen LogP contribution in [0.3, 0.4) is 0 Å². The summed E-state index contributed by atoms with van der Waals surface area (Å²) in [6.45, 7) is 3.56. The Morgan fingerprint density at radius 3 is 2.08 bits per heavy atom. The van der Waals surface area contributed by atoms with E-state index in [2.05, 4.69) is 21.7 Å². The largest absolute Gasteiger partial charge is 0.487 e. The molecule has 0 bridgehead atoms. The average molecular weight is 368 g/mol. The lowest BCUT2D eigenvalue weighted by molar-refractivity contribution is -0.128. The molecule has 0 aliphatic carbocycles. The standard InChI is InChI=1S/C16H24N4O6/c1-3-4-9-26-16-13(14(24)15(16)25)20-19-12(23)8-6-5-7-11(22)18-17-10(2)21/h20H,3-9H2,1-2H3,(H,17,21)(H,18,22)(H,19,23). The van der Waals surface area contributed by atoms with Gasteiger partial charge in [-0.25, -0.2) is 0 Å². The summed E-state index contributed by atoms with van der Waals surface area (Å²) < 4.78 is 5.23. The van der Waals surface area contributed by atoms with Crippen LogP contribution in [-0.2, 0) is 14.4 Å². The Morgan fingerprint density at radius 1 is 0.885 bits per heavy atom. The van der Waals surface area contributed by atoms with Gasteiger partial charge >= 0.3 is 0 Å². The average Bonchev–Trinajstić information content (AvgIpc) is 2.61. The van der Waals surface area contributed by atoms with E-state index in [0.29, 0.717) is 19.4 Å². The minimum absolute atomic E-state index is 0.0471. The number of hydrazine groups is 2. The molecule has 0 atom stereocenters. The number of amides is 3. The predicted molar refractivity (Wildman–Crippen MR) is 93.9 cm³/mol. The van der Waals surface area contributed by atoms with Crippen LogP contribution >= 0.6 is 0 Å². The smallest absolute Gasteiger partial charge is 0.272 e. The summed E-state index contributed by atoms with van der Waals surface area (Å²) in [6, 6.07) is 0. The van der Waals surface area contributed by atoms with E-state index < -0.39 is 10.9 Å². The molecule has 0 saturated carbocycles. The van der Waals surface area contributed by atoms with Crippen molar-refractivity contribution in [1.82, 2.24) is 16.3 Å². The normalized spacial score (nSPS) is 10.2. The van der Waals surface area contributed by atoms with Crippen LogP contribution in [0.2, 0.25) is 0 Å². The molecule has 0 fully saturated rings. The molecule has 0 unspecified atom stereocenters. The minimum Gasteiger partial charge on any atom is -0.487 e. The summed E-state index contributed by atoms with van der Waals surface area (Å²) in [7, 11) is 0. The molecule has 0 heterocycles. The number of carbonyl (C=O) groups is 3. The highest BCUT2D eigenvalue weighted by Gasteiger charge is 2.22. The van der Waals surface area contributed by atoms with E-state index in [0.717, 1.165) is 12.8 Å². The highest BCUT2D eigenvalue weighted by atomic mass is 16.5. The fourth-order valence-corrected chi connectivity index (χ4v) is 1.93. The third-order valence-corrected chi connectivity index (χ3v) is 3.37. The van der Waals surface area contributed by atoms with Gasteiger partial charge in [0.15, 0.2) is 11.4 Å². The number of carbonyl (C=O) groups excluding carboxylic acids is 3. The molecular formula is C16H24N4O6. The highest BCUT2D eigenvalue weighted by molar-refractivity contribution is 5.81. The first-order chi connectivity index (χ1) is 12.4. The Kier molecular flexibility index (Phi) is 8.82. The molecule has 4 N–H and O–H groups in total. The van der Waals surface area contributed by atoms with E-state index in [1.54, 1.807) is 0 Å². The molecule has 0 radical (unpaired) electrons. The SMILES string of the molecule is CCCCOc1c(NNC(=O)CCCCC(=O)NNC(C)=O)c(=O)c1=O. The Balaban J connectivity index is 2.26. The molecule has 0 aliphatic rings. The van der Waals surface area contributed by atoms with Gasteiger partial charge in [-0.05, 0) is 19.3 Å². The maximum absolute atomic E-state index is 11.7. The van der Waals surface area contributed by atoms with Gasteiger partial charge in [-0.15, -0.1) is 0 Å².